The number of nitrogens with zero attached hydrogens (tertiary/aromatic N) is 2. The Morgan fingerprint density at radius 1 is 1.38 bits per heavy atom. The van der Waals surface area contributed by atoms with Gasteiger partial charge in [0, 0.05) is 24.1 Å². The number of halogens is 1. The minimum atomic E-state index is -0.826. The van der Waals surface area contributed by atoms with Gasteiger partial charge in [0.05, 0.1) is 18.3 Å². The summed E-state index contributed by atoms with van der Waals surface area (Å²) < 4.78 is 5.76. The fraction of sp³-hybridized carbons (Fsp3) is 0.312. The molecule has 1 aliphatic rings. The number of rotatable bonds is 3. The number of hydrogen-bond acceptors (Lipinski definition) is 5. The van der Waals surface area contributed by atoms with Crippen molar-refractivity contribution in [3.05, 3.63) is 57.5 Å². The van der Waals surface area contributed by atoms with Gasteiger partial charge in [-0.15, -0.1) is 0 Å². The van der Waals surface area contributed by atoms with Gasteiger partial charge < -0.3 is 14.7 Å². The van der Waals surface area contributed by atoms with Crippen molar-refractivity contribution in [1.29, 1.82) is 0 Å². The van der Waals surface area contributed by atoms with E-state index in [1.165, 1.54) is 17.2 Å². The summed E-state index contributed by atoms with van der Waals surface area (Å²) >= 11 is 5.83. The first-order valence-corrected chi connectivity index (χ1v) is 7.85. The highest BCUT2D eigenvalue weighted by Gasteiger charge is 2.32. The average Bonchev–Trinajstić information content (AvgIpc) is 2.58. The van der Waals surface area contributed by atoms with Gasteiger partial charge in [0.2, 0.25) is 0 Å². The van der Waals surface area contributed by atoms with Crippen LogP contribution in [-0.2, 0) is 0 Å². The number of benzene rings is 1. The Morgan fingerprint density at radius 2 is 2.12 bits per heavy atom. The van der Waals surface area contributed by atoms with Gasteiger partial charge in [-0.05, 0) is 24.3 Å². The lowest BCUT2D eigenvalue weighted by Gasteiger charge is -2.35. The number of piperidine rings is 1. The molecule has 2 heterocycles. The van der Waals surface area contributed by atoms with Gasteiger partial charge in [-0.2, -0.15) is 5.10 Å². The van der Waals surface area contributed by atoms with E-state index in [1.54, 1.807) is 24.3 Å². The maximum Gasteiger partial charge on any atom is 0.264 e. The minimum absolute atomic E-state index is 0.129. The fourth-order valence-electron chi connectivity index (χ4n) is 2.60. The number of H-pyrrole nitrogens is 1. The Labute approximate surface area is 142 Å². The fourth-order valence-corrected chi connectivity index (χ4v) is 2.72. The molecule has 1 fully saturated rings. The first-order valence-electron chi connectivity index (χ1n) is 7.47. The molecule has 1 aliphatic heterocycles. The van der Waals surface area contributed by atoms with Crippen molar-refractivity contribution in [3.63, 3.8) is 0 Å². The van der Waals surface area contributed by atoms with Crippen LogP contribution in [0.3, 0.4) is 0 Å². The summed E-state index contributed by atoms with van der Waals surface area (Å²) in [5.74, 6) is 0.277. The number of amides is 1. The lowest BCUT2D eigenvalue weighted by Crippen LogP contribution is -2.51. The van der Waals surface area contributed by atoms with Gasteiger partial charge in [-0.1, -0.05) is 11.6 Å². The van der Waals surface area contributed by atoms with Crippen LogP contribution in [0.5, 0.6) is 5.75 Å². The third-order valence-electron chi connectivity index (χ3n) is 3.82. The number of aromatic amines is 1. The van der Waals surface area contributed by atoms with Crippen LogP contribution in [0.4, 0.5) is 0 Å². The summed E-state index contributed by atoms with van der Waals surface area (Å²) in [6.45, 7) is 0.546. The molecule has 0 radical (unpaired) electrons. The summed E-state index contributed by atoms with van der Waals surface area (Å²) in [6, 6.07) is 8.07. The van der Waals surface area contributed by atoms with Gasteiger partial charge in [-0.25, -0.2) is 5.10 Å². The van der Waals surface area contributed by atoms with E-state index >= 15 is 0 Å². The van der Waals surface area contributed by atoms with E-state index in [0.717, 1.165) is 0 Å². The molecule has 2 atom stereocenters. The summed E-state index contributed by atoms with van der Waals surface area (Å²) in [7, 11) is 0. The zero-order chi connectivity index (χ0) is 17.1. The van der Waals surface area contributed by atoms with Gasteiger partial charge in [0.1, 0.15) is 18.0 Å². The highest BCUT2D eigenvalue weighted by molar-refractivity contribution is 6.30. The maximum atomic E-state index is 12.4. The highest BCUT2D eigenvalue weighted by atomic mass is 35.5. The molecule has 24 heavy (non-hydrogen) atoms. The second kappa shape index (κ2) is 7.02. The molecule has 0 saturated carbocycles. The van der Waals surface area contributed by atoms with Gasteiger partial charge >= 0.3 is 0 Å². The number of ether oxygens (including phenoxy) is 1. The van der Waals surface area contributed by atoms with Crippen molar-refractivity contribution in [1.82, 2.24) is 15.1 Å². The highest BCUT2D eigenvalue weighted by Crippen LogP contribution is 2.22. The Hall–Kier alpha value is -2.38. The molecule has 3 rings (SSSR count). The Morgan fingerprint density at radius 3 is 2.79 bits per heavy atom. The molecule has 0 spiro atoms. The Bertz CT molecular complexity index is 777. The van der Waals surface area contributed by atoms with E-state index < -0.39 is 17.8 Å². The lowest BCUT2D eigenvalue weighted by atomic mass is 10.0. The zero-order valence-electron chi connectivity index (χ0n) is 12.7. The lowest BCUT2D eigenvalue weighted by molar-refractivity contribution is -0.0199. The van der Waals surface area contributed by atoms with Crippen LogP contribution in [0.15, 0.2) is 41.3 Å². The van der Waals surface area contributed by atoms with E-state index in [0.29, 0.717) is 23.7 Å². The van der Waals surface area contributed by atoms with Crippen molar-refractivity contribution in [2.24, 2.45) is 0 Å². The third kappa shape index (κ3) is 3.74. The van der Waals surface area contributed by atoms with Gasteiger partial charge in [-0.3, -0.25) is 9.59 Å². The SMILES string of the molecule is O=C(c1cn[nH]c(=O)c1)N1CC[C@@H](Oc2ccc(Cl)cc2)[C@H](O)C1. The van der Waals surface area contributed by atoms with Crippen molar-refractivity contribution in [3.8, 4) is 5.75 Å². The number of carbonyl (C=O) groups excluding carboxylic acids is 1. The van der Waals surface area contributed by atoms with Crippen LogP contribution < -0.4 is 10.3 Å². The molecule has 0 bridgehead atoms. The molecule has 1 saturated heterocycles. The van der Waals surface area contributed by atoms with Crippen molar-refractivity contribution in [2.45, 2.75) is 18.6 Å². The van der Waals surface area contributed by atoms with Crippen LogP contribution in [0.25, 0.3) is 0 Å². The molecule has 1 aromatic heterocycles. The second-order valence-corrected chi connectivity index (χ2v) is 5.99. The molecule has 1 aromatic carbocycles. The monoisotopic (exact) mass is 349 g/mol. The van der Waals surface area contributed by atoms with Crippen LogP contribution in [0.1, 0.15) is 16.8 Å². The number of aliphatic hydroxyl groups excluding tert-OH is 1. The molecular formula is C16H16ClN3O4. The predicted molar refractivity (Wildman–Crippen MR) is 87.3 cm³/mol. The molecule has 0 aliphatic carbocycles. The summed E-state index contributed by atoms with van der Waals surface area (Å²) in [4.78, 5) is 25.1. The number of β-amino-alcohol motifs (C(OH)–C–C–N with tert-alkyl or cyclic N) is 1. The van der Waals surface area contributed by atoms with Crippen LogP contribution >= 0.6 is 11.6 Å². The molecular weight excluding hydrogens is 334 g/mol. The van der Waals surface area contributed by atoms with E-state index in [9.17, 15) is 14.7 Å². The quantitative estimate of drug-likeness (QED) is 0.864. The second-order valence-electron chi connectivity index (χ2n) is 5.55. The molecule has 7 nitrogen and oxygen atoms in total. The first-order chi connectivity index (χ1) is 11.5. The molecule has 0 unspecified atom stereocenters. The third-order valence-corrected chi connectivity index (χ3v) is 4.07. The first kappa shape index (κ1) is 16.5. The van der Waals surface area contributed by atoms with Gasteiger partial charge in [0.25, 0.3) is 11.5 Å². The van der Waals surface area contributed by atoms with E-state index in [4.69, 9.17) is 16.3 Å². The van der Waals surface area contributed by atoms with Crippen LogP contribution in [0.2, 0.25) is 5.02 Å². The largest absolute Gasteiger partial charge is 0.488 e. The van der Waals surface area contributed by atoms with Crippen molar-refractivity contribution < 1.29 is 14.6 Å². The van der Waals surface area contributed by atoms with E-state index in [-0.39, 0.29) is 18.0 Å². The normalized spacial score (nSPS) is 20.7. The number of aromatic nitrogens is 2. The number of nitrogens with one attached hydrogen (secondary N) is 1. The summed E-state index contributed by atoms with van der Waals surface area (Å²) in [6.07, 6.45) is 0.541. The summed E-state index contributed by atoms with van der Waals surface area (Å²) in [5, 5.41) is 16.7. The Balaban J connectivity index is 1.63. The standard InChI is InChI=1S/C16H16ClN3O4/c17-11-1-3-12(4-2-11)24-14-5-6-20(9-13(14)21)16(23)10-7-15(22)19-18-8-10/h1-4,7-8,13-14,21H,5-6,9H2,(H,19,22)/t13-,14-/m1/s1. The zero-order valence-corrected chi connectivity index (χ0v) is 13.4. The molecule has 2 aromatic rings. The maximum absolute atomic E-state index is 12.4. The predicted octanol–water partition coefficient (Wildman–Crippen LogP) is 1.08. The molecule has 8 heteroatoms. The molecule has 1 amide bonds. The number of likely N-dealkylation sites (tertiary alicyclic amines) is 1. The van der Waals surface area contributed by atoms with Gasteiger partial charge in [0.15, 0.2) is 0 Å². The number of carbonyl (C=O) groups is 1. The number of hydrogen-bond donors (Lipinski definition) is 2. The topological polar surface area (TPSA) is 95.5 Å². The molecule has 2 N–H and O–H groups in total. The van der Waals surface area contributed by atoms with Crippen LogP contribution in [-0.4, -0.2) is 51.4 Å². The molecule has 126 valence electrons. The average molecular weight is 350 g/mol. The van der Waals surface area contributed by atoms with Crippen molar-refractivity contribution >= 4 is 17.5 Å². The smallest absolute Gasteiger partial charge is 0.264 e. The van der Waals surface area contributed by atoms with E-state index in [1.807, 2.05) is 0 Å². The van der Waals surface area contributed by atoms with E-state index in [2.05, 4.69) is 10.2 Å². The summed E-state index contributed by atoms with van der Waals surface area (Å²) in [5.41, 5.74) is -0.245. The van der Waals surface area contributed by atoms with Crippen LogP contribution in [0, 0.1) is 0 Å². The minimum Gasteiger partial charge on any atom is -0.488 e. The number of aliphatic hydroxyl groups is 1. The Kier molecular flexibility index (Phi) is 4.82. The van der Waals surface area contributed by atoms with Crippen molar-refractivity contribution in [2.75, 3.05) is 13.1 Å².